The first-order valence-corrected chi connectivity index (χ1v) is 6.71. The van der Waals surface area contributed by atoms with Crippen LogP contribution in [0, 0.1) is 0 Å². The maximum atomic E-state index is 11.7. The van der Waals surface area contributed by atoms with Crippen molar-refractivity contribution in [2.45, 2.75) is 33.1 Å². The van der Waals surface area contributed by atoms with Crippen molar-refractivity contribution in [1.29, 1.82) is 0 Å². The molecule has 0 aliphatic heterocycles. The van der Waals surface area contributed by atoms with Gasteiger partial charge in [-0.15, -0.1) is 11.3 Å². The maximum absolute atomic E-state index is 11.7. The van der Waals surface area contributed by atoms with Crippen molar-refractivity contribution in [2.24, 2.45) is 5.73 Å². The highest BCUT2D eigenvalue weighted by atomic mass is 32.1. The van der Waals surface area contributed by atoms with Crippen LogP contribution in [-0.2, 0) is 17.6 Å². The van der Waals surface area contributed by atoms with Gasteiger partial charge in [0.25, 0.3) is 5.91 Å². The third-order valence-electron chi connectivity index (χ3n) is 2.82. The second-order valence-electron chi connectivity index (χ2n) is 4.64. The van der Waals surface area contributed by atoms with Crippen molar-refractivity contribution in [3.05, 3.63) is 27.7 Å². The fraction of sp³-hybridized carbons (Fsp3) is 0.385. The SMILES string of the molecule is CC(C)=CC(=O)Nc1sc2c(c1C(N)=O)CCC2. The van der Waals surface area contributed by atoms with Gasteiger partial charge in [0.2, 0.25) is 5.91 Å². The molecular weight excluding hydrogens is 248 g/mol. The molecule has 1 heterocycles. The Hall–Kier alpha value is -1.62. The van der Waals surface area contributed by atoms with Gasteiger partial charge < -0.3 is 11.1 Å². The number of carbonyl (C=O) groups is 2. The third kappa shape index (κ3) is 2.46. The number of anilines is 1. The molecule has 0 unspecified atom stereocenters. The molecule has 1 aliphatic rings. The predicted octanol–water partition coefficient (Wildman–Crippen LogP) is 2.24. The van der Waals surface area contributed by atoms with Gasteiger partial charge in [0.15, 0.2) is 0 Å². The number of fused-ring (bicyclic) bond motifs is 1. The lowest BCUT2D eigenvalue weighted by molar-refractivity contribution is -0.111. The summed E-state index contributed by atoms with van der Waals surface area (Å²) < 4.78 is 0. The van der Waals surface area contributed by atoms with E-state index in [0.717, 1.165) is 30.4 Å². The van der Waals surface area contributed by atoms with Crippen LogP contribution >= 0.6 is 11.3 Å². The molecule has 1 aromatic rings. The standard InChI is InChI=1S/C13H16N2O2S/c1-7(2)6-10(16)15-13-11(12(14)17)8-4-3-5-9(8)18-13/h6H,3-5H2,1-2H3,(H2,14,17)(H,15,16). The number of carbonyl (C=O) groups excluding carboxylic acids is 2. The van der Waals surface area contributed by atoms with Crippen molar-refractivity contribution in [1.82, 2.24) is 0 Å². The highest BCUT2D eigenvalue weighted by Gasteiger charge is 2.25. The van der Waals surface area contributed by atoms with Crippen LogP contribution in [0.4, 0.5) is 5.00 Å². The van der Waals surface area contributed by atoms with Gasteiger partial charge in [-0.05, 0) is 38.7 Å². The predicted molar refractivity (Wildman–Crippen MR) is 72.9 cm³/mol. The van der Waals surface area contributed by atoms with E-state index >= 15 is 0 Å². The monoisotopic (exact) mass is 264 g/mol. The lowest BCUT2D eigenvalue weighted by Crippen LogP contribution is -2.16. The molecule has 0 radical (unpaired) electrons. The first kappa shape index (κ1) is 12.8. The van der Waals surface area contributed by atoms with E-state index in [0.29, 0.717) is 10.6 Å². The van der Waals surface area contributed by atoms with E-state index in [4.69, 9.17) is 5.73 Å². The summed E-state index contributed by atoms with van der Waals surface area (Å²) in [5.41, 5.74) is 7.85. The molecule has 3 N–H and O–H groups in total. The van der Waals surface area contributed by atoms with Crippen molar-refractivity contribution in [2.75, 3.05) is 5.32 Å². The topological polar surface area (TPSA) is 72.2 Å². The summed E-state index contributed by atoms with van der Waals surface area (Å²) in [6.07, 6.45) is 4.42. The Bertz CT molecular complexity index is 539. The Morgan fingerprint density at radius 1 is 1.33 bits per heavy atom. The molecule has 1 aliphatic carbocycles. The number of nitrogens with one attached hydrogen (secondary N) is 1. The normalized spacial score (nSPS) is 13.0. The van der Waals surface area contributed by atoms with Gasteiger partial charge in [-0.25, -0.2) is 0 Å². The summed E-state index contributed by atoms with van der Waals surface area (Å²) in [6.45, 7) is 3.70. The molecule has 2 rings (SSSR count). The van der Waals surface area contributed by atoms with E-state index in [1.165, 1.54) is 22.3 Å². The molecule has 0 fully saturated rings. The molecule has 0 saturated carbocycles. The van der Waals surface area contributed by atoms with Crippen molar-refractivity contribution in [3.63, 3.8) is 0 Å². The fourth-order valence-corrected chi connectivity index (χ4v) is 3.46. The molecule has 2 amide bonds. The van der Waals surface area contributed by atoms with Crippen molar-refractivity contribution in [3.8, 4) is 0 Å². The van der Waals surface area contributed by atoms with Crippen LogP contribution in [0.25, 0.3) is 0 Å². The molecular formula is C13H16N2O2S. The van der Waals surface area contributed by atoms with Gasteiger partial charge in [0.1, 0.15) is 5.00 Å². The van der Waals surface area contributed by atoms with Crippen LogP contribution in [0.15, 0.2) is 11.6 Å². The van der Waals surface area contributed by atoms with Gasteiger partial charge in [-0.2, -0.15) is 0 Å². The molecule has 0 spiro atoms. The maximum Gasteiger partial charge on any atom is 0.251 e. The first-order valence-electron chi connectivity index (χ1n) is 5.89. The molecule has 18 heavy (non-hydrogen) atoms. The Labute approximate surface area is 110 Å². The van der Waals surface area contributed by atoms with Crippen LogP contribution < -0.4 is 11.1 Å². The Balaban J connectivity index is 2.32. The highest BCUT2D eigenvalue weighted by Crippen LogP contribution is 2.38. The Morgan fingerprint density at radius 2 is 2.06 bits per heavy atom. The van der Waals surface area contributed by atoms with E-state index in [-0.39, 0.29) is 5.91 Å². The average molecular weight is 264 g/mol. The summed E-state index contributed by atoms with van der Waals surface area (Å²) in [4.78, 5) is 24.4. The van der Waals surface area contributed by atoms with E-state index in [9.17, 15) is 9.59 Å². The number of nitrogens with two attached hydrogens (primary N) is 1. The van der Waals surface area contributed by atoms with E-state index in [1.54, 1.807) is 0 Å². The summed E-state index contributed by atoms with van der Waals surface area (Å²) in [5, 5.41) is 3.35. The quantitative estimate of drug-likeness (QED) is 0.822. The number of rotatable bonds is 3. The molecule has 0 aromatic carbocycles. The molecule has 0 atom stereocenters. The number of hydrogen-bond acceptors (Lipinski definition) is 3. The van der Waals surface area contributed by atoms with Gasteiger partial charge in [-0.1, -0.05) is 5.57 Å². The van der Waals surface area contributed by atoms with E-state index in [1.807, 2.05) is 13.8 Å². The highest BCUT2D eigenvalue weighted by molar-refractivity contribution is 7.17. The lowest BCUT2D eigenvalue weighted by Gasteiger charge is -2.03. The molecule has 0 bridgehead atoms. The number of thiophene rings is 1. The van der Waals surface area contributed by atoms with Crippen LogP contribution in [-0.4, -0.2) is 11.8 Å². The lowest BCUT2D eigenvalue weighted by atomic mass is 10.1. The number of aryl methyl sites for hydroxylation is 1. The molecule has 96 valence electrons. The second-order valence-corrected chi connectivity index (χ2v) is 5.74. The number of amides is 2. The van der Waals surface area contributed by atoms with Gasteiger partial charge in [0, 0.05) is 11.0 Å². The van der Waals surface area contributed by atoms with Gasteiger partial charge in [-0.3, -0.25) is 9.59 Å². The summed E-state index contributed by atoms with van der Waals surface area (Å²) in [5.74, 6) is -0.667. The zero-order valence-corrected chi connectivity index (χ0v) is 11.3. The first-order chi connectivity index (χ1) is 8.49. The van der Waals surface area contributed by atoms with Crippen molar-refractivity contribution < 1.29 is 9.59 Å². The van der Waals surface area contributed by atoms with Gasteiger partial charge in [0.05, 0.1) is 5.56 Å². The third-order valence-corrected chi connectivity index (χ3v) is 4.03. The summed E-state index contributed by atoms with van der Waals surface area (Å²) in [7, 11) is 0. The minimum absolute atomic E-state index is 0.211. The van der Waals surface area contributed by atoms with E-state index < -0.39 is 5.91 Å². The number of primary amides is 1. The Kier molecular flexibility index (Phi) is 3.52. The van der Waals surface area contributed by atoms with Crippen LogP contribution in [0.3, 0.4) is 0 Å². The second kappa shape index (κ2) is 4.94. The van der Waals surface area contributed by atoms with Crippen LogP contribution in [0.1, 0.15) is 41.1 Å². The van der Waals surface area contributed by atoms with Crippen LogP contribution in [0.2, 0.25) is 0 Å². The summed E-state index contributed by atoms with van der Waals surface area (Å²) in [6, 6.07) is 0. The minimum Gasteiger partial charge on any atom is -0.365 e. The zero-order chi connectivity index (χ0) is 13.3. The fourth-order valence-electron chi connectivity index (χ4n) is 2.16. The largest absolute Gasteiger partial charge is 0.365 e. The minimum atomic E-state index is -0.457. The number of hydrogen-bond donors (Lipinski definition) is 2. The van der Waals surface area contributed by atoms with Gasteiger partial charge >= 0.3 is 0 Å². The zero-order valence-electron chi connectivity index (χ0n) is 10.5. The molecule has 4 nitrogen and oxygen atoms in total. The molecule has 5 heteroatoms. The Morgan fingerprint density at radius 3 is 2.67 bits per heavy atom. The molecule has 0 saturated heterocycles. The van der Waals surface area contributed by atoms with Crippen LogP contribution in [0.5, 0.6) is 0 Å². The smallest absolute Gasteiger partial charge is 0.251 e. The van der Waals surface area contributed by atoms with E-state index in [2.05, 4.69) is 5.32 Å². The summed E-state index contributed by atoms with van der Waals surface area (Å²) >= 11 is 1.47. The number of allylic oxidation sites excluding steroid dienone is 1. The molecule has 1 aromatic heterocycles. The van der Waals surface area contributed by atoms with Crippen molar-refractivity contribution >= 4 is 28.2 Å². The average Bonchev–Trinajstić information content (AvgIpc) is 2.74.